The summed E-state index contributed by atoms with van der Waals surface area (Å²) < 4.78 is 7.82. The summed E-state index contributed by atoms with van der Waals surface area (Å²) in [5, 5.41) is 9.57. The van der Waals surface area contributed by atoms with Crippen LogP contribution in [0.4, 0.5) is 0 Å². The molecule has 6 heteroatoms. The summed E-state index contributed by atoms with van der Waals surface area (Å²) in [7, 11) is 1.62. The second-order valence-corrected chi connectivity index (χ2v) is 11.6. The normalized spacial score (nSPS) is 17.7. The second kappa shape index (κ2) is 8.89. The number of aromatic nitrogens is 1. The standard InChI is InChI=1S/C29H38N2O4/c1-8-18(27(33)34)13-20-14-22-19(16-24(20)35-7)9-11-30-23(22)15-21-17-29(5,6)10-12-31(28(2,3)4)26(32)25(21)30/h13-16H,8-12,17H2,1-7H3,(H,33,34)/b18-13+. The van der Waals surface area contributed by atoms with Crippen LogP contribution in [0.5, 0.6) is 5.75 Å². The molecule has 1 N–H and O–H groups in total. The Morgan fingerprint density at radius 2 is 1.89 bits per heavy atom. The molecule has 0 saturated carbocycles. The quantitative estimate of drug-likeness (QED) is 0.563. The van der Waals surface area contributed by atoms with Crippen molar-refractivity contribution in [2.45, 2.75) is 79.3 Å². The number of nitrogens with zero attached hydrogens (tertiary/aromatic N) is 2. The Kier molecular flexibility index (Phi) is 6.37. The van der Waals surface area contributed by atoms with Gasteiger partial charge in [0.25, 0.3) is 5.91 Å². The van der Waals surface area contributed by atoms with Crippen LogP contribution in [0, 0.1) is 5.41 Å². The van der Waals surface area contributed by atoms with Gasteiger partial charge in [0, 0.05) is 41.0 Å². The molecular weight excluding hydrogens is 440 g/mol. The molecule has 0 atom stereocenters. The third-order valence-electron chi connectivity index (χ3n) is 7.44. The van der Waals surface area contributed by atoms with Crippen molar-refractivity contribution in [2.75, 3.05) is 13.7 Å². The fourth-order valence-corrected chi connectivity index (χ4v) is 5.44. The first kappa shape index (κ1) is 25.1. The highest BCUT2D eigenvalue weighted by Crippen LogP contribution is 2.41. The van der Waals surface area contributed by atoms with Gasteiger partial charge in [0.05, 0.1) is 7.11 Å². The second-order valence-electron chi connectivity index (χ2n) is 11.6. The van der Waals surface area contributed by atoms with Gasteiger partial charge < -0.3 is 19.3 Å². The zero-order chi connectivity index (χ0) is 25.7. The average Bonchev–Trinajstić information content (AvgIpc) is 3.11. The number of amides is 1. The lowest BCUT2D eigenvalue weighted by Crippen LogP contribution is -2.49. The first-order chi connectivity index (χ1) is 16.4. The number of ether oxygens (including phenoxy) is 1. The predicted molar refractivity (Wildman–Crippen MR) is 139 cm³/mol. The highest BCUT2D eigenvalue weighted by atomic mass is 16.5. The van der Waals surface area contributed by atoms with Crippen molar-refractivity contribution in [1.82, 2.24) is 9.47 Å². The molecule has 1 amide bonds. The number of fused-ring (bicyclic) bond motifs is 5. The summed E-state index contributed by atoms with van der Waals surface area (Å²) in [6.07, 6.45) is 4.72. The number of carbonyl (C=O) groups excluding carboxylic acids is 1. The monoisotopic (exact) mass is 478 g/mol. The number of carboxylic acids is 1. The van der Waals surface area contributed by atoms with Gasteiger partial charge in [-0.15, -0.1) is 0 Å². The lowest BCUT2D eigenvalue weighted by Gasteiger charge is -2.40. The first-order valence-corrected chi connectivity index (χ1v) is 12.6. The van der Waals surface area contributed by atoms with E-state index in [0.29, 0.717) is 17.7 Å². The minimum atomic E-state index is -0.922. The zero-order valence-electron chi connectivity index (χ0n) is 22.1. The molecule has 0 saturated heterocycles. The van der Waals surface area contributed by atoms with E-state index in [1.54, 1.807) is 13.2 Å². The van der Waals surface area contributed by atoms with Gasteiger partial charge in [-0.1, -0.05) is 20.8 Å². The zero-order valence-corrected chi connectivity index (χ0v) is 22.1. The van der Waals surface area contributed by atoms with Crippen LogP contribution in [0.15, 0.2) is 23.8 Å². The molecule has 0 aliphatic carbocycles. The van der Waals surface area contributed by atoms with Gasteiger partial charge in [-0.3, -0.25) is 4.79 Å². The number of benzene rings is 1. The molecule has 35 heavy (non-hydrogen) atoms. The van der Waals surface area contributed by atoms with Crippen molar-refractivity contribution in [3.05, 3.63) is 46.2 Å². The van der Waals surface area contributed by atoms with Crippen LogP contribution < -0.4 is 4.74 Å². The van der Waals surface area contributed by atoms with Crippen molar-refractivity contribution >= 4 is 18.0 Å². The summed E-state index contributed by atoms with van der Waals surface area (Å²) in [4.78, 5) is 27.6. The number of hydrogen-bond acceptors (Lipinski definition) is 3. The van der Waals surface area contributed by atoms with Crippen LogP contribution in [0.25, 0.3) is 17.3 Å². The summed E-state index contributed by atoms with van der Waals surface area (Å²) in [5.41, 5.74) is 6.03. The molecule has 3 heterocycles. The molecule has 1 aromatic carbocycles. The third-order valence-corrected chi connectivity index (χ3v) is 7.44. The Balaban J connectivity index is 1.92. The van der Waals surface area contributed by atoms with Crippen LogP contribution in [0.3, 0.4) is 0 Å². The number of hydrogen-bond donors (Lipinski definition) is 1. The molecule has 2 aliphatic heterocycles. The Hall–Kier alpha value is -3.02. The van der Waals surface area contributed by atoms with Gasteiger partial charge in [-0.25, -0.2) is 4.79 Å². The van der Waals surface area contributed by atoms with E-state index in [-0.39, 0.29) is 16.9 Å². The topological polar surface area (TPSA) is 71.8 Å². The number of aliphatic carboxylic acids is 1. The van der Waals surface area contributed by atoms with E-state index in [9.17, 15) is 14.7 Å². The van der Waals surface area contributed by atoms with Crippen LogP contribution in [0.2, 0.25) is 0 Å². The van der Waals surface area contributed by atoms with E-state index in [1.165, 1.54) is 0 Å². The Labute approximate surface area is 208 Å². The van der Waals surface area contributed by atoms with Gasteiger partial charge in [0.2, 0.25) is 0 Å². The molecule has 0 bridgehead atoms. The number of aryl methyl sites for hydroxylation is 1. The highest BCUT2D eigenvalue weighted by molar-refractivity contribution is 5.97. The van der Waals surface area contributed by atoms with Crippen molar-refractivity contribution in [3.8, 4) is 17.0 Å². The van der Waals surface area contributed by atoms with E-state index in [4.69, 9.17) is 4.74 Å². The Morgan fingerprint density at radius 3 is 2.49 bits per heavy atom. The molecule has 0 fully saturated rings. The van der Waals surface area contributed by atoms with Crippen molar-refractivity contribution in [2.24, 2.45) is 5.41 Å². The largest absolute Gasteiger partial charge is 0.496 e. The van der Waals surface area contributed by atoms with Gasteiger partial charge in [0.1, 0.15) is 11.4 Å². The van der Waals surface area contributed by atoms with Crippen LogP contribution in [0.1, 0.15) is 81.6 Å². The molecule has 2 aliphatic rings. The Morgan fingerprint density at radius 1 is 1.17 bits per heavy atom. The van der Waals surface area contributed by atoms with Gasteiger partial charge in [-0.2, -0.15) is 0 Å². The van der Waals surface area contributed by atoms with E-state index in [2.05, 4.69) is 45.3 Å². The summed E-state index contributed by atoms with van der Waals surface area (Å²) in [6, 6.07) is 6.25. The van der Waals surface area contributed by atoms with Gasteiger partial charge >= 0.3 is 5.97 Å². The molecule has 4 rings (SSSR count). The van der Waals surface area contributed by atoms with Crippen molar-refractivity contribution in [1.29, 1.82) is 0 Å². The Bertz CT molecular complexity index is 1210. The number of rotatable bonds is 4. The molecule has 0 radical (unpaired) electrons. The molecule has 2 aromatic rings. The maximum absolute atomic E-state index is 13.9. The van der Waals surface area contributed by atoms with Gasteiger partial charge in [-0.05, 0) is 87.3 Å². The van der Waals surface area contributed by atoms with Crippen LogP contribution in [-0.2, 0) is 24.2 Å². The first-order valence-electron chi connectivity index (χ1n) is 12.6. The van der Waals surface area contributed by atoms with Crippen molar-refractivity contribution in [3.63, 3.8) is 0 Å². The minimum absolute atomic E-state index is 0.0740. The van der Waals surface area contributed by atoms with Gasteiger partial charge in [0.15, 0.2) is 0 Å². The molecule has 1 aromatic heterocycles. The molecule has 0 unspecified atom stereocenters. The number of carbonyl (C=O) groups is 2. The maximum atomic E-state index is 13.9. The SMILES string of the molecule is CC/C(=C\c1cc2c(cc1OC)CCn1c-2cc2c1C(=O)N(C(C)(C)C)CCC(C)(C)C2)C(=O)O. The van der Waals surface area contributed by atoms with Crippen LogP contribution >= 0.6 is 0 Å². The number of methoxy groups -OCH3 is 1. The third kappa shape index (κ3) is 4.63. The van der Waals surface area contributed by atoms with E-state index < -0.39 is 5.97 Å². The lowest BCUT2D eigenvalue weighted by molar-refractivity contribution is -0.132. The molecule has 0 spiro atoms. The minimum Gasteiger partial charge on any atom is -0.496 e. The smallest absolute Gasteiger partial charge is 0.331 e. The lowest BCUT2D eigenvalue weighted by atomic mass is 9.80. The molecule has 6 nitrogen and oxygen atoms in total. The molecular formula is C29H38N2O4. The number of carboxylic acid groups (broad SMARTS) is 1. The molecule has 188 valence electrons. The fourth-order valence-electron chi connectivity index (χ4n) is 5.44. The summed E-state index contributed by atoms with van der Waals surface area (Å²) in [5.74, 6) is -0.148. The van der Waals surface area contributed by atoms with Crippen LogP contribution in [-0.4, -0.2) is 45.6 Å². The predicted octanol–water partition coefficient (Wildman–Crippen LogP) is 5.81. The van der Waals surface area contributed by atoms with Crippen molar-refractivity contribution < 1.29 is 19.4 Å². The van der Waals surface area contributed by atoms with E-state index in [0.717, 1.165) is 66.0 Å². The fraction of sp³-hybridized carbons (Fsp3) is 0.517. The summed E-state index contributed by atoms with van der Waals surface area (Å²) in [6.45, 7) is 14.2. The average molecular weight is 479 g/mol. The highest BCUT2D eigenvalue weighted by Gasteiger charge is 2.37. The van der Waals surface area contributed by atoms with E-state index in [1.807, 2.05) is 24.0 Å². The van der Waals surface area contributed by atoms with E-state index >= 15 is 0 Å². The maximum Gasteiger partial charge on any atom is 0.331 e. The summed E-state index contributed by atoms with van der Waals surface area (Å²) >= 11 is 0.